The second-order valence-corrected chi connectivity index (χ2v) is 7.53. The van der Waals surface area contributed by atoms with Gasteiger partial charge in [-0.25, -0.2) is 0 Å². The van der Waals surface area contributed by atoms with Crippen LogP contribution in [0, 0.1) is 24.7 Å². The Morgan fingerprint density at radius 3 is 2.81 bits per heavy atom. The Balaban J connectivity index is 1.57. The van der Waals surface area contributed by atoms with Crippen molar-refractivity contribution in [3.05, 3.63) is 28.8 Å². The predicted molar refractivity (Wildman–Crippen MR) is 93.9 cm³/mol. The maximum absolute atomic E-state index is 6.05. The number of rotatable bonds is 3. The van der Waals surface area contributed by atoms with E-state index in [9.17, 15) is 0 Å². The van der Waals surface area contributed by atoms with Gasteiger partial charge in [-0.1, -0.05) is 24.1 Å². The molecule has 21 heavy (non-hydrogen) atoms. The highest BCUT2D eigenvalue weighted by molar-refractivity contribution is 7.80. The first-order chi connectivity index (χ1) is 10.0. The number of nitrogens with one attached hydrogen (secondary N) is 2. The van der Waals surface area contributed by atoms with E-state index in [-0.39, 0.29) is 0 Å². The fraction of sp³-hybridized carbons (Fsp3) is 0.588. The van der Waals surface area contributed by atoms with Gasteiger partial charge in [0.15, 0.2) is 5.11 Å². The lowest BCUT2D eigenvalue weighted by Gasteiger charge is -2.29. The van der Waals surface area contributed by atoms with Gasteiger partial charge >= 0.3 is 0 Å². The molecule has 0 heterocycles. The molecule has 2 aliphatic carbocycles. The van der Waals surface area contributed by atoms with Crippen molar-refractivity contribution in [1.82, 2.24) is 5.32 Å². The molecule has 2 aliphatic rings. The minimum atomic E-state index is 0.444. The second-order valence-electron chi connectivity index (χ2n) is 6.69. The van der Waals surface area contributed by atoms with E-state index in [1.165, 1.54) is 25.7 Å². The third kappa shape index (κ3) is 3.35. The second kappa shape index (κ2) is 6.13. The van der Waals surface area contributed by atoms with Crippen molar-refractivity contribution in [2.45, 2.75) is 45.6 Å². The lowest BCUT2D eigenvalue weighted by Crippen LogP contribution is -2.42. The predicted octanol–water partition coefficient (Wildman–Crippen LogP) is 4.76. The molecule has 3 rings (SSSR count). The summed E-state index contributed by atoms with van der Waals surface area (Å²) >= 11 is 11.5. The van der Waals surface area contributed by atoms with Crippen LogP contribution >= 0.6 is 23.8 Å². The minimum absolute atomic E-state index is 0.444. The molecule has 0 spiro atoms. The number of benzene rings is 1. The van der Waals surface area contributed by atoms with Crippen LogP contribution in [0.5, 0.6) is 0 Å². The van der Waals surface area contributed by atoms with E-state index >= 15 is 0 Å². The topological polar surface area (TPSA) is 24.1 Å². The third-order valence-electron chi connectivity index (χ3n) is 5.24. The van der Waals surface area contributed by atoms with Gasteiger partial charge in [-0.15, -0.1) is 0 Å². The number of halogens is 1. The molecule has 1 aromatic rings. The molecule has 2 N–H and O–H groups in total. The Morgan fingerprint density at radius 2 is 2.14 bits per heavy atom. The summed E-state index contributed by atoms with van der Waals surface area (Å²) < 4.78 is 0. The Morgan fingerprint density at radius 1 is 1.33 bits per heavy atom. The molecular formula is C17H23ClN2S. The molecule has 0 aromatic heterocycles. The number of hydrogen-bond acceptors (Lipinski definition) is 1. The average molecular weight is 323 g/mol. The van der Waals surface area contributed by atoms with Gasteiger partial charge < -0.3 is 10.6 Å². The van der Waals surface area contributed by atoms with Gasteiger partial charge in [-0.2, -0.15) is 0 Å². The number of hydrogen-bond donors (Lipinski definition) is 2. The first-order valence-corrected chi connectivity index (χ1v) is 8.65. The molecule has 2 fully saturated rings. The fourth-order valence-electron chi connectivity index (χ4n) is 4.11. The summed E-state index contributed by atoms with van der Waals surface area (Å²) in [5.41, 5.74) is 2.14. The van der Waals surface area contributed by atoms with Crippen molar-refractivity contribution < 1.29 is 0 Å². The molecule has 114 valence electrons. The molecule has 2 nitrogen and oxygen atoms in total. The Hall–Kier alpha value is -0.800. The van der Waals surface area contributed by atoms with Gasteiger partial charge in [0.05, 0.1) is 0 Å². The smallest absolute Gasteiger partial charge is 0.171 e. The molecule has 0 aliphatic heterocycles. The molecular weight excluding hydrogens is 300 g/mol. The van der Waals surface area contributed by atoms with Crippen molar-refractivity contribution in [3.8, 4) is 0 Å². The van der Waals surface area contributed by atoms with Crippen LogP contribution in [0.15, 0.2) is 18.2 Å². The summed E-state index contributed by atoms with van der Waals surface area (Å²) in [6.45, 7) is 4.32. The van der Waals surface area contributed by atoms with E-state index in [0.29, 0.717) is 11.2 Å². The molecule has 1 aromatic carbocycles. The highest BCUT2D eigenvalue weighted by Gasteiger charge is 2.41. The fourth-order valence-corrected chi connectivity index (χ4v) is 4.58. The molecule has 4 heteroatoms. The van der Waals surface area contributed by atoms with Gasteiger partial charge in [0.1, 0.15) is 0 Å². The minimum Gasteiger partial charge on any atom is -0.360 e. The number of anilines is 1. The summed E-state index contributed by atoms with van der Waals surface area (Å²) in [5.74, 6) is 2.66. The molecule has 0 saturated heterocycles. The van der Waals surface area contributed by atoms with Gasteiger partial charge in [-0.3, -0.25) is 0 Å². The van der Waals surface area contributed by atoms with Gasteiger partial charge in [0.25, 0.3) is 0 Å². The van der Waals surface area contributed by atoms with Gasteiger partial charge in [0.2, 0.25) is 0 Å². The number of aryl methyl sites for hydroxylation is 1. The van der Waals surface area contributed by atoms with Crippen LogP contribution in [0.2, 0.25) is 5.02 Å². The number of thiocarbonyl (C=S) groups is 1. The molecule has 2 saturated carbocycles. The summed E-state index contributed by atoms with van der Waals surface area (Å²) in [6.07, 6.45) is 5.66. The van der Waals surface area contributed by atoms with Crippen LogP contribution < -0.4 is 10.6 Å². The first kappa shape index (κ1) is 15.1. The maximum atomic E-state index is 6.05. The molecule has 2 bridgehead atoms. The summed E-state index contributed by atoms with van der Waals surface area (Å²) in [4.78, 5) is 0. The van der Waals surface area contributed by atoms with Gasteiger partial charge in [0, 0.05) is 16.8 Å². The Kier molecular flexibility index (Phi) is 4.41. The average Bonchev–Trinajstić information content (AvgIpc) is 3.05. The van der Waals surface area contributed by atoms with Crippen LogP contribution in [0.3, 0.4) is 0 Å². The van der Waals surface area contributed by atoms with E-state index in [1.807, 2.05) is 18.2 Å². The van der Waals surface area contributed by atoms with Crippen LogP contribution in [0.25, 0.3) is 0 Å². The third-order valence-corrected chi connectivity index (χ3v) is 5.70. The van der Waals surface area contributed by atoms with Crippen LogP contribution in [0.1, 0.15) is 38.2 Å². The lowest BCUT2D eigenvalue weighted by molar-refractivity contribution is 0.279. The van der Waals surface area contributed by atoms with E-state index in [0.717, 1.165) is 34.0 Å². The molecule has 0 radical (unpaired) electrons. The van der Waals surface area contributed by atoms with Crippen LogP contribution in [-0.2, 0) is 0 Å². The Labute approximate surface area is 137 Å². The Bertz CT molecular complexity index is 546. The standard InChI is InChI=1S/C17H23ClN2S/c1-10-3-6-14(18)9-16(10)20-17(21)19-11(2)15-8-12-4-5-13(15)7-12/h3,6,9,11-13,15H,4-5,7-8H2,1-2H3,(H2,19,20,21). The SMILES string of the molecule is Cc1ccc(Cl)cc1NC(=S)NC(C)C1CC2CCC1C2. The van der Waals surface area contributed by atoms with Crippen molar-refractivity contribution in [2.24, 2.45) is 17.8 Å². The van der Waals surface area contributed by atoms with E-state index in [1.54, 1.807) is 0 Å². The monoisotopic (exact) mass is 322 g/mol. The van der Waals surface area contributed by atoms with E-state index in [2.05, 4.69) is 24.5 Å². The van der Waals surface area contributed by atoms with Crippen molar-refractivity contribution in [2.75, 3.05) is 5.32 Å². The molecule has 4 unspecified atom stereocenters. The zero-order chi connectivity index (χ0) is 15.0. The maximum Gasteiger partial charge on any atom is 0.171 e. The summed E-state index contributed by atoms with van der Waals surface area (Å²) in [5, 5.41) is 8.20. The largest absolute Gasteiger partial charge is 0.360 e. The highest BCUT2D eigenvalue weighted by atomic mass is 35.5. The van der Waals surface area contributed by atoms with E-state index in [4.69, 9.17) is 23.8 Å². The zero-order valence-electron chi connectivity index (χ0n) is 12.7. The number of fused-ring (bicyclic) bond motifs is 2. The van der Waals surface area contributed by atoms with Crippen molar-refractivity contribution in [3.63, 3.8) is 0 Å². The molecule has 0 amide bonds. The van der Waals surface area contributed by atoms with Gasteiger partial charge in [-0.05, 0) is 80.8 Å². The quantitative estimate of drug-likeness (QED) is 0.785. The van der Waals surface area contributed by atoms with Crippen LogP contribution in [0.4, 0.5) is 5.69 Å². The van der Waals surface area contributed by atoms with Crippen LogP contribution in [-0.4, -0.2) is 11.2 Å². The summed E-state index contributed by atoms with van der Waals surface area (Å²) in [7, 11) is 0. The summed E-state index contributed by atoms with van der Waals surface area (Å²) in [6, 6.07) is 6.27. The first-order valence-electron chi connectivity index (χ1n) is 7.86. The highest BCUT2D eigenvalue weighted by Crippen LogP contribution is 2.49. The zero-order valence-corrected chi connectivity index (χ0v) is 14.2. The normalized spacial score (nSPS) is 28.4. The van der Waals surface area contributed by atoms with E-state index < -0.39 is 0 Å². The molecule has 4 atom stereocenters. The lowest BCUT2D eigenvalue weighted by atomic mass is 9.84. The van der Waals surface area contributed by atoms with Crippen molar-refractivity contribution in [1.29, 1.82) is 0 Å². The van der Waals surface area contributed by atoms with Crippen molar-refractivity contribution >= 4 is 34.6 Å².